The molecule has 0 aromatic carbocycles. The van der Waals surface area contributed by atoms with E-state index in [-0.39, 0.29) is 0 Å². The fraction of sp³-hybridized carbons (Fsp3) is 0.200. The summed E-state index contributed by atoms with van der Waals surface area (Å²) >= 11 is 0. The summed E-state index contributed by atoms with van der Waals surface area (Å²) < 4.78 is 0. The molecule has 0 bridgehead atoms. The minimum atomic E-state index is 0.979. The van der Waals surface area contributed by atoms with E-state index in [0.29, 0.717) is 0 Å². The van der Waals surface area contributed by atoms with Crippen LogP contribution in [0.15, 0.2) is 18.2 Å². The molecule has 0 N–H and O–H groups in total. The first-order valence-electron chi connectivity index (χ1n) is 3.74. The average Bonchev–Trinajstić information content (AvgIpc) is 1.99. The van der Waals surface area contributed by atoms with Gasteiger partial charge in [-0.1, -0.05) is 0 Å². The van der Waals surface area contributed by atoms with E-state index in [9.17, 15) is 0 Å². The molecule has 1 rings (SSSR count). The van der Waals surface area contributed by atoms with Gasteiger partial charge in [0.1, 0.15) is 0 Å². The Morgan fingerprint density at radius 3 is 2.42 bits per heavy atom. The van der Waals surface area contributed by atoms with Crippen LogP contribution in [0.2, 0.25) is 0 Å². The predicted molar refractivity (Wildman–Crippen MR) is 48.4 cm³/mol. The number of nitriles is 1. The normalized spacial score (nSPS) is 10.1. The fourth-order valence-corrected chi connectivity index (χ4v) is 1.10. The minimum Gasteiger partial charge on any atom is -0.258 e. The van der Waals surface area contributed by atoms with E-state index in [0.717, 1.165) is 17.0 Å². The SMILES string of the molecule is Cc1cc(C=CC#N)cc(C)n1. The van der Waals surface area contributed by atoms with E-state index in [1.807, 2.05) is 32.0 Å². The molecule has 2 nitrogen and oxygen atoms in total. The van der Waals surface area contributed by atoms with Gasteiger partial charge in [0, 0.05) is 17.5 Å². The summed E-state index contributed by atoms with van der Waals surface area (Å²) in [6.45, 7) is 3.88. The van der Waals surface area contributed by atoms with E-state index >= 15 is 0 Å². The molecule has 0 radical (unpaired) electrons. The highest BCUT2D eigenvalue weighted by Gasteiger charge is 1.91. The summed E-state index contributed by atoms with van der Waals surface area (Å²) in [7, 11) is 0. The molecule has 0 saturated carbocycles. The van der Waals surface area contributed by atoms with E-state index in [1.54, 1.807) is 6.08 Å². The van der Waals surface area contributed by atoms with Gasteiger partial charge in [0.05, 0.1) is 6.07 Å². The number of rotatable bonds is 1. The van der Waals surface area contributed by atoms with Crippen LogP contribution in [0.25, 0.3) is 6.08 Å². The van der Waals surface area contributed by atoms with Crippen LogP contribution in [0.1, 0.15) is 17.0 Å². The summed E-state index contributed by atoms with van der Waals surface area (Å²) in [5, 5.41) is 8.31. The van der Waals surface area contributed by atoms with Gasteiger partial charge in [0.2, 0.25) is 0 Å². The van der Waals surface area contributed by atoms with Gasteiger partial charge in [-0.2, -0.15) is 5.26 Å². The topological polar surface area (TPSA) is 36.7 Å². The van der Waals surface area contributed by atoms with Crippen molar-refractivity contribution in [3.63, 3.8) is 0 Å². The van der Waals surface area contributed by atoms with Crippen LogP contribution >= 0.6 is 0 Å². The zero-order valence-corrected chi connectivity index (χ0v) is 7.20. The highest BCUT2D eigenvalue weighted by atomic mass is 14.7. The van der Waals surface area contributed by atoms with Gasteiger partial charge in [0.25, 0.3) is 0 Å². The Balaban J connectivity index is 3.03. The molecule has 0 atom stereocenters. The third-order valence-electron chi connectivity index (χ3n) is 1.45. The second-order valence-corrected chi connectivity index (χ2v) is 2.65. The molecule has 0 aliphatic heterocycles. The van der Waals surface area contributed by atoms with Crippen molar-refractivity contribution in [2.45, 2.75) is 13.8 Å². The van der Waals surface area contributed by atoms with Crippen molar-refractivity contribution < 1.29 is 0 Å². The Morgan fingerprint density at radius 1 is 1.33 bits per heavy atom. The van der Waals surface area contributed by atoms with Crippen molar-refractivity contribution in [3.05, 3.63) is 35.2 Å². The first kappa shape index (κ1) is 8.48. The number of hydrogen-bond acceptors (Lipinski definition) is 2. The highest BCUT2D eigenvalue weighted by molar-refractivity contribution is 5.52. The van der Waals surface area contributed by atoms with Gasteiger partial charge in [0.15, 0.2) is 0 Å². The fourth-order valence-electron chi connectivity index (χ4n) is 1.10. The third-order valence-corrected chi connectivity index (χ3v) is 1.45. The van der Waals surface area contributed by atoms with Crippen molar-refractivity contribution in [2.75, 3.05) is 0 Å². The number of nitrogens with zero attached hydrogens (tertiary/aromatic N) is 2. The van der Waals surface area contributed by atoms with Crippen LogP contribution in [0.4, 0.5) is 0 Å². The molecule has 60 valence electrons. The number of aromatic nitrogens is 1. The van der Waals surface area contributed by atoms with Gasteiger partial charge in [-0.15, -0.1) is 0 Å². The number of allylic oxidation sites excluding steroid dienone is 1. The van der Waals surface area contributed by atoms with Crippen LogP contribution in [-0.2, 0) is 0 Å². The third kappa shape index (κ3) is 2.21. The maximum atomic E-state index is 8.31. The Morgan fingerprint density at radius 2 is 1.92 bits per heavy atom. The van der Waals surface area contributed by atoms with E-state index in [2.05, 4.69) is 4.98 Å². The van der Waals surface area contributed by atoms with Gasteiger partial charge in [-0.25, -0.2) is 0 Å². The van der Waals surface area contributed by atoms with Crippen LogP contribution in [-0.4, -0.2) is 4.98 Å². The molecule has 1 aromatic rings. The molecule has 0 saturated heterocycles. The molecular formula is C10H10N2. The first-order valence-corrected chi connectivity index (χ1v) is 3.74. The Bertz CT molecular complexity index is 325. The van der Waals surface area contributed by atoms with Crippen LogP contribution < -0.4 is 0 Å². The molecule has 0 fully saturated rings. The quantitative estimate of drug-likeness (QED) is 0.587. The first-order chi connectivity index (χ1) is 5.72. The van der Waals surface area contributed by atoms with Gasteiger partial charge >= 0.3 is 0 Å². The monoisotopic (exact) mass is 158 g/mol. The van der Waals surface area contributed by atoms with Crippen LogP contribution in [0.5, 0.6) is 0 Å². The maximum Gasteiger partial charge on any atom is 0.0912 e. The summed E-state index contributed by atoms with van der Waals surface area (Å²) in [6.07, 6.45) is 3.25. The van der Waals surface area contributed by atoms with Crippen molar-refractivity contribution in [1.29, 1.82) is 5.26 Å². The van der Waals surface area contributed by atoms with Crippen LogP contribution in [0.3, 0.4) is 0 Å². The largest absolute Gasteiger partial charge is 0.258 e. The Hall–Kier alpha value is -1.62. The van der Waals surface area contributed by atoms with Gasteiger partial charge in [-0.05, 0) is 37.6 Å². The summed E-state index contributed by atoms with van der Waals surface area (Å²) in [5.74, 6) is 0. The van der Waals surface area contributed by atoms with E-state index in [4.69, 9.17) is 5.26 Å². The molecule has 0 aliphatic carbocycles. The summed E-state index contributed by atoms with van der Waals surface area (Å²) in [5.41, 5.74) is 2.99. The van der Waals surface area contributed by atoms with Crippen molar-refractivity contribution >= 4 is 6.08 Å². The molecule has 0 aliphatic rings. The molecule has 0 spiro atoms. The smallest absolute Gasteiger partial charge is 0.0912 e. The lowest BCUT2D eigenvalue weighted by Crippen LogP contribution is -1.86. The number of hydrogen-bond donors (Lipinski definition) is 0. The highest BCUT2D eigenvalue weighted by Crippen LogP contribution is 2.06. The van der Waals surface area contributed by atoms with Gasteiger partial charge in [-0.3, -0.25) is 4.98 Å². The van der Waals surface area contributed by atoms with Crippen molar-refractivity contribution in [2.24, 2.45) is 0 Å². The zero-order chi connectivity index (χ0) is 8.97. The Kier molecular flexibility index (Phi) is 2.60. The molecule has 0 amide bonds. The molecular weight excluding hydrogens is 148 g/mol. The molecule has 1 heterocycles. The lowest BCUT2D eigenvalue weighted by molar-refractivity contribution is 1.12. The molecule has 2 heteroatoms. The van der Waals surface area contributed by atoms with Crippen molar-refractivity contribution in [3.8, 4) is 6.07 Å². The number of pyridine rings is 1. The summed E-state index contributed by atoms with van der Waals surface area (Å²) in [4.78, 5) is 4.23. The lowest BCUT2D eigenvalue weighted by atomic mass is 10.2. The Labute approximate surface area is 72.2 Å². The molecule has 1 aromatic heterocycles. The predicted octanol–water partition coefficient (Wildman–Crippen LogP) is 2.24. The van der Waals surface area contributed by atoms with Crippen LogP contribution in [0, 0.1) is 25.2 Å². The average molecular weight is 158 g/mol. The van der Waals surface area contributed by atoms with Gasteiger partial charge < -0.3 is 0 Å². The van der Waals surface area contributed by atoms with E-state index in [1.165, 1.54) is 6.08 Å². The maximum absolute atomic E-state index is 8.31. The second kappa shape index (κ2) is 3.68. The summed E-state index contributed by atoms with van der Waals surface area (Å²) in [6, 6.07) is 5.84. The number of aryl methyl sites for hydroxylation is 2. The van der Waals surface area contributed by atoms with E-state index < -0.39 is 0 Å². The standard InChI is InChI=1S/C10H10N2/c1-8-6-10(4-3-5-11)7-9(2)12-8/h3-4,6-7H,1-2H3. The molecule has 12 heavy (non-hydrogen) atoms. The second-order valence-electron chi connectivity index (χ2n) is 2.65. The van der Waals surface area contributed by atoms with Crippen molar-refractivity contribution in [1.82, 2.24) is 4.98 Å². The minimum absolute atomic E-state index is 0.979. The zero-order valence-electron chi connectivity index (χ0n) is 7.20. The molecule has 0 unspecified atom stereocenters. The lowest BCUT2D eigenvalue weighted by Gasteiger charge is -1.97.